The van der Waals surface area contributed by atoms with E-state index in [-0.39, 0.29) is 4.90 Å². The van der Waals surface area contributed by atoms with Gasteiger partial charge in [0, 0.05) is 6.54 Å². The normalized spacial score (nSPS) is 13.3. The maximum absolute atomic E-state index is 13.7. The zero-order chi connectivity index (χ0) is 17.0. The summed E-state index contributed by atoms with van der Waals surface area (Å²) in [5.41, 5.74) is 1.27. The second-order valence-corrected chi connectivity index (χ2v) is 7.47. The predicted octanol–water partition coefficient (Wildman–Crippen LogP) is 2.72. The first-order valence-electron chi connectivity index (χ1n) is 7.28. The van der Waals surface area contributed by atoms with Crippen molar-refractivity contribution in [2.75, 3.05) is 20.6 Å². The van der Waals surface area contributed by atoms with Gasteiger partial charge >= 0.3 is 0 Å². The molecule has 124 valence electrons. The van der Waals surface area contributed by atoms with E-state index in [0.717, 1.165) is 11.6 Å². The molecule has 0 saturated heterocycles. The first kappa shape index (κ1) is 17.6. The smallest absolute Gasteiger partial charge is 0.241 e. The van der Waals surface area contributed by atoms with Gasteiger partial charge in [0.1, 0.15) is 5.82 Å². The van der Waals surface area contributed by atoms with E-state index in [4.69, 9.17) is 0 Å². The molecule has 2 aromatic carbocycles. The molecule has 1 unspecified atom stereocenters. The van der Waals surface area contributed by atoms with Crippen molar-refractivity contribution in [2.45, 2.75) is 17.9 Å². The molecule has 0 aliphatic rings. The summed E-state index contributed by atoms with van der Waals surface area (Å²) in [6.45, 7) is 2.09. The van der Waals surface area contributed by atoms with Crippen LogP contribution >= 0.6 is 0 Å². The summed E-state index contributed by atoms with van der Waals surface area (Å²) in [6.07, 6.45) is 0. The minimum absolute atomic E-state index is 0.0692. The fraction of sp³-hybridized carbons (Fsp3) is 0.294. The van der Waals surface area contributed by atoms with Gasteiger partial charge in [0.25, 0.3) is 0 Å². The van der Waals surface area contributed by atoms with Crippen LogP contribution in [0.3, 0.4) is 0 Å². The Bertz CT molecular complexity index is 761. The Hall–Kier alpha value is -1.76. The van der Waals surface area contributed by atoms with E-state index in [2.05, 4.69) is 4.72 Å². The topological polar surface area (TPSA) is 49.4 Å². The minimum Gasteiger partial charge on any atom is -0.307 e. The van der Waals surface area contributed by atoms with Crippen LogP contribution in [0.1, 0.15) is 17.2 Å². The Morgan fingerprint density at radius 1 is 1.13 bits per heavy atom. The Labute approximate surface area is 137 Å². The summed E-state index contributed by atoms with van der Waals surface area (Å²) in [5.74, 6) is -0.531. The van der Waals surface area contributed by atoms with Gasteiger partial charge in [-0.15, -0.1) is 0 Å². The fourth-order valence-electron chi connectivity index (χ4n) is 2.26. The van der Waals surface area contributed by atoms with Crippen molar-refractivity contribution >= 4 is 10.0 Å². The first-order chi connectivity index (χ1) is 10.8. The maximum atomic E-state index is 13.7. The number of benzene rings is 2. The summed E-state index contributed by atoms with van der Waals surface area (Å²) < 4.78 is 41.5. The third-order valence-electron chi connectivity index (χ3n) is 3.50. The second kappa shape index (κ2) is 7.21. The number of likely N-dealkylation sites (N-methyl/N-ethyl adjacent to an activating group) is 1. The van der Waals surface area contributed by atoms with Gasteiger partial charge < -0.3 is 4.90 Å². The lowest BCUT2D eigenvalue weighted by Gasteiger charge is -2.23. The summed E-state index contributed by atoms with van der Waals surface area (Å²) in [6, 6.07) is 12.8. The van der Waals surface area contributed by atoms with Gasteiger partial charge in [-0.05, 0) is 44.3 Å². The number of halogens is 1. The van der Waals surface area contributed by atoms with E-state index in [0.29, 0.717) is 12.1 Å². The average Bonchev–Trinajstić information content (AvgIpc) is 2.49. The quantitative estimate of drug-likeness (QED) is 0.882. The van der Waals surface area contributed by atoms with Gasteiger partial charge in [-0.25, -0.2) is 17.5 Å². The average molecular weight is 336 g/mol. The van der Waals surface area contributed by atoms with Gasteiger partial charge in [0.2, 0.25) is 10.0 Å². The highest BCUT2D eigenvalue weighted by atomic mass is 32.2. The number of sulfonamides is 1. The van der Waals surface area contributed by atoms with Gasteiger partial charge in [-0.1, -0.05) is 36.4 Å². The van der Waals surface area contributed by atoms with E-state index in [1.165, 1.54) is 12.1 Å². The van der Waals surface area contributed by atoms with E-state index in [1.54, 1.807) is 6.92 Å². The molecule has 4 nitrogen and oxygen atoms in total. The van der Waals surface area contributed by atoms with Crippen LogP contribution in [0.2, 0.25) is 0 Å². The van der Waals surface area contributed by atoms with Crippen molar-refractivity contribution in [2.24, 2.45) is 0 Å². The number of hydrogen-bond acceptors (Lipinski definition) is 3. The van der Waals surface area contributed by atoms with Crippen LogP contribution in [-0.4, -0.2) is 34.0 Å². The Morgan fingerprint density at radius 3 is 2.35 bits per heavy atom. The molecule has 6 heteroatoms. The Kier molecular flexibility index (Phi) is 5.51. The lowest BCUT2D eigenvalue weighted by molar-refractivity contribution is 0.363. The molecule has 0 amide bonds. The van der Waals surface area contributed by atoms with Crippen LogP contribution in [0.25, 0.3) is 0 Å². The molecular formula is C17H21FN2O2S. The third kappa shape index (κ3) is 4.60. The van der Waals surface area contributed by atoms with Gasteiger partial charge in [0.05, 0.1) is 10.9 Å². The summed E-state index contributed by atoms with van der Waals surface area (Å²) in [7, 11) is -0.0676. The molecule has 0 aromatic heterocycles. The first-order valence-corrected chi connectivity index (χ1v) is 8.76. The number of nitrogens with zero attached hydrogens (tertiary/aromatic N) is 1. The van der Waals surface area contributed by atoms with Crippen LogP contribution < -0.4 is 4.72 Å². The molecule has 23 heavy (non-hydrogen) atoms. The van der Waals surface area contributed by atoms with Gasteiger partial charge in [-0.3, -0.25) is 0 Å². The van der Waals surface area contributed by atoms with Gasteiger partial charge in [0.15, 0.2) is 0 Å². The van der Waals surface area contributed by atoms with Crippen LogP contribution in [-0.2, 0) is 10.0 Å². The molecular weight excluding hydrogens is 315 g/mol. The molecule has 1 N–H and O–H groups in total. The summed E-state index contributed by atoms with van der Waals surface area (Å²) in [5, 5.41) is 0. The highest BCUT2D eigenvalue weighted by molar-refractivity contribution is 7.89. The molecule has 0 spiro atoms. The largest absolute Gasteiger partial charge is 0.307 e. The maximum Gasteiger partial charge on any atom is 0.241 e. The van der Waals surface area contributed by atoms with Crippen molar-refractivity contribution in [3.63, 3.8) is 0 Å². The molecule has 0 aliphatic carbocycles. The lowest BCUT2D eigenvalue weighted by Crippen LogP contribution is -2.35. The number of nitrogens with one attached hydrogen (secondary N) is 1. The molecule has 2 rings (SSSR count). The minimum atomic E-state index is -3.81. The van der Waals surface area contributed by atoms with E-state index >= 15 is 0 Å². The van der Waals surface area contributed by atoms with E-state index in [9.17, 15) is 12.8 Å². The van der Waals surface area contributed by atoms with E-state index in [1.807, 2.05) is 49.3 Å². The van der Waals surface area contributed by atoms with Crippen LogP contribution in [0, 0.1) is 12.7 Å². The molecule has 0 fully saturated rings. The SMILES string of the molecule is Cc1ccc(S(=O)(=O)NC(CN(C)C)c2ccccc2)cc1F. The predicted molar refractivity (Wildman–Crippen MR) is 89.2 cm³/mol. The molecule has 1 atom stereocenters. The molecule has 2 aromatic rings. The molecule has 0 radical (unpaired) electrons. The zero-order valence-electron chi connectivity index (χ0n) is 13.5. The van der Waals surface area contributed by atoms with Crippen molar-refractivity contribution in [3.8, 4) is 0 Å². The van der Waals surface area contributed by atoms with Crippen LogP contribution in [0.4, 0.5) is 4.39 Å². The molecule has 0 aliphatic heterocycles. The monoisotopic (exact) mass is 336 g/mol. The van der Waals surface area contributed by atoms with Crippen LogP contribution in [0.5, 0.6) is 0 Å². The lowest BCUT2D eigenvalue weighted by atomic mass is 10.1. The van der Waals surface area contributed by atoms with Gasteiger partial charge in [-0.2, -0.15) is 0 Å². The fourth-order valence-corrected chi connectivity index (χ4v) is 3.48. The molecule has 0 bridgehead atoms. The second-order valence-electron chi connectivity index (χ2n) is 5.76. The standard InChI is InChI=1S/C17H21FN2O2S/c1-13-9-10-15(11-16(13)18)23(21,22)19-17(12-20(2)3)14-7-5-4-6-8-14/h4-11,17,19H,12H2,1-3H3. The summed E-state index contributed by atoms with van der Waals surface area (Å²) >= 11 is 0. The Morgan fingerprint density at radius 2 is 1.78 bits per heavy atom. The number of hydrogen-bond donors (Lipinski definition) is 1. The number of rotatable bonds is 6. The van der Waals surface area contributed by atoms with Crippen LogP contribution in [0.15, 0.2) is 53.4 Å². The Balaban J connectivity index is 2.32. The van der Waals surface area contributed by atoms with Crippen molar-refractivity contribution in [1.29, 1.82) is 0 Å². The highest BCUT2D eigenvalue weighted by Crippen LogP contribution is 2.19. The highest BCUT2D eigenvalue weighted by Gasteiger charge is 2.22. The van der Waals surface area contributed by atoms with E-state index < -0.39 is 21.9 Å². The zero-order valence-corrected chi connectivity index (χ0v) is 14.3. The van der Waals surface area contributed by atoms with Crippen molar-refractivity contribution < 1.29 is 12.8 Å². The van der Waals surface area contributed by atoms with Crippen molar-refractivity contribution in [3.05, 3.63) is 65.5 Å². The summed E-state index contributed by atoms with van der Waals surface area (Å²) in [4.78, 5) is 1.83. The van der Waals surface area contributed by atoms with Crippen molar-refractivity contribution in [1.82, 2.24) is 9.62 Å². The molecule has 0 heterocycles. The number of aryl methyl sites for hydroxylation is 1. The third-order valence-corrected chi connectivity index (χ3v) is 4.97. The molecule has 0 saturated carbocycles.